The van der Waals surface area contributed by atoms with Gasteiger partial charge in [0, 0.05) is 4.47 Å². The Hall–Kier alpha value is -0.940. The highest BCUT2D eigenvalue weighted by Gasteiger charge is 2.16. The fourth-order valence-electron chi connectivity index (χ4n) is 1.43. The average molecular weight is 303 g/mol. The molecule has 0 spiro atoms. The molecule has 0 aliphatic rings. The van der Waals surface area contributed by atoms with Crippen molar-refractivity contribution in [2.75, 3.05) is 5.32 Å². The van der Waals surface area contributed by atoms with Gasteiger partial charge in [-0.05, 0) is 46.5 Å². The molecule has 0 aliphatic heterocycles. The molecule has 0 radical (unpaired) electrons. The van der Waals surface area contributed by atoms with Gasteiger partial charge in [-0.15, -0.1) is 0 Å². The first-order valence-electron chi connectivity index (χ1n) is 5.41. The zero-order valence-electron chi connectivity index (χ0n) is 9.84. The van der Waals surface area contributed by atoms with Crippen molar-refractivity contribution >= 4 is 27.5 Å². The number of hydrogen-bond acceptors (Lipinski definition) is 2. The summed E-state index contributed by atoms with van der Waals surface area (Å²) in [4.78, 5) is 11.7. The van der Waals surface area contributed by atoms with E-state index in [9.17, 15) is 9.18 Å². The van der Waals surface area contributed by atoms with Gasteiger partial charge in [-0.25, -0.2) is 4.39 Å². The monoisotopic (exact) mass is 302 g/mol. The lowest BCUT2D eigenvalue weighted by Gasteiger charge is -2.14. The molecule has 0 saturated heterocycles. The van der Waals surface area contributed by atoms with E-state index in [0.717, 1.165) is 0 Å². The number of carbonyl (C=O) groups is 1. The summed E-state index contributed by atoms with van der Waals surface area (Å²) in [6.45, 7) is 4.00. The molecule has 0 unspecified atom stereocenters. The van der Waals surface area contributed by atoms with E-state index in [0.29, 0.717) is 22.5 Å². The zero-order chi connectivity index (χ0) is 13.0. The van der Waals surface area contributed by atoms with Crippen molar-refractivity contribution in [3.8, 4) is 0 Å². The van der Waals surface area contributed by atoms with E-state index in [1.807, 2.05) is 13.8 Å². The minimum Gasteiger partial charge on any atom is -0.324 e. The summed E-state index contributed by atoms with van der Waals surface area (Å²) in [6.07, 6.45) is 0.616. The molecule has 5 heteroatoms. The standard InChI is InChI=1S/C12H16BrFN2O/c1-7(2)5-10(15)12(17)16-11-4-3-8(14)6-9(11)13/h3-4,6-7,10H,5,15H2,1-2H3,(H,16,17)/t10-/m0/s1. The third-order valence-electron chi connectivity index (χ3n) is 2.25. The van der Waals surface area contributed by atoms with E-state index in [2.05, 4.69) is 21.2 Å². The molecule has 1 aromatic rings. The van der Waals surface area contributed by atoms with Crippen LogP contribution in [0.25, 0.3) is 0 Å². The first-order valence-corrected chi connectivity index (χ1v) is 6.21. The molecular weight excluding hydrogens is 287 g/mol. The van der Waals surface area contributed by atoms with Crippen molar-refractivity contribution < 1.29 is 9.18 Å². The molecule has 0 fully saturated rings. The molecule has 0 bridgehead atoms. The third-order valence-corrected chi connectivity index (χ3v) is 2.91. The summed E-state index contributed by atoms with van der Waals surface area (Å²) in [5.41, 5.74) is 6.27. The lowest BCUT2D eigenvalue weighted by Crippen LogP contribution is -2.36. The zero-order valence-corrected chi connectivity index (χ0v) is 11.4. The molecule has 1 atom stereocenters. The maximum absolute atomic E-state index is 12.8. The van der Waals surface area contributed by atoms with Gasteiger partial charge in [0.2, 0.25) is 5.91 Å². The molecule has 0 aromatic heterocycles. The Balaban J connectivity index is 2.67. The predicted molar refractivity (Wildman–Crippen MR) is 70.2 cm³/mol. The summed E-state index contributed by atoms with van der Waals surface area (Å²) >= 11 is 3.18. The second-order valence-electron chi connectivity index (χ2n) is 4.35. The Morgan fingerprint density at radius 3 is 2.71 bits per heavy atom. The van der Waals surface area contributed by atoms with Crippen LogP contribution in [0.3, 0.4) is 0 Å². The van der Waals surface area contributed by atoms with Crippen LogP contribution in [0, 0.1) is 11.7 Å². The number of amides is 1. The highest BCUT2D eigenvalue weighted by Crippen LogP contribution is 2.23. The first kappa shape index (κ1) is 14.1. The maximum Gasteiger partial charge on any atom is 0.241 e. The van der Waals surface area contributed by atoms with Crippen LogP contribution in [0.2, 0.25) is 0 Å². The van der Waals surface area contributed by atoms with E-state index in [4.69, 9.17) is 5.73 Å². The van der Waals surface area contributed by atoms with Gasteiger partial charge in [0.1, 0.15) is 5.82 Å². The second-order valence-corrected chi connectivity index (χ2v) is 5.20. The molecule has 3 N–H and O–H groups in total. The molecule has 1 amide bonds. The van der Waals surface area contributed by atoms with Gasteiger partial charge in [0.05, 0.1) is 11.7 Å². The number of benzene rings is 1. The number of rotatable bonds is 4. The Morgan fingerprint density at radius 2 is 2.18 bits per heavy atom. The van der Waals surface area contributed by atoms with E-state index in [-0.39, 0.29) is 11.7 Å². The summed E-state index contributed by atoms with van der Waals surface area (Å²) in [5.74, 6) is -0.264. The number of hydrogen-bond donors (Lipinski definition) is 2. The van der Waals surface area contributed by atoms with E-state index >= 15 is 0 Å². The van der Waals surface area contributed by atoms with Crippen LogP contribution < -0.4 is 11.1 Å². The smallest absolute Gasteiger partial charge is 0.241 e. The van der Waals surface area contributed by atoms with Crippen molar-refractivity contribution in [3.05, 3.63) is 28.5 Å². The van der Waals surface area contributed by atoms with E-state index < -0.39 is 6.04 Å². The Labute approximate surface area is 109 Å². The van der Waals surface area contributed by atoms with E-state index in [1.165, 1.54) is 18.2 Å². The number of halogens is 2. The molecule has 1 rings (SSSR count). The Bertz CT molecular complexity index is 409. The van der Waals surface area contributed by atoms with Crippen molar-refractivity contribution in [1.29, 1.82) is 0 Å². The minimum atomic E-state index is -0.549. The second kappa shape index (κ2) is 6.12. The van der Waals surface area contributed by atoms with Crippen LogP contribution in [0.4, 0.5) is 10.1 Å². The molecule has 0 heterocycles. The Morgan fingerprint density at radius 1 is 1.53 bits per heavy atom. The topological polar surface area (TPSA) is 55.1 Å². The van der Waals surface area contributed by atoms with Crippen LogP contribution in [0.1, 0.15) is 20.3 Å². The minimum absolute atomic E-state index is 0.258. The van der Waals surface area contributed by atoms with Crippen LogP contribution in [0.5, 0.6) is 0 Å². The van der Waals surface area contributed by atoms with Gasteiger partial charge >= 0.3 is 0 Å². The van der Waals surface area contributed by atoms with Crippen molar-refractivity contribution in [2.45, 2.75) is 26.3 Å². The van der Waals surface area contributed by atoms with Gasteiger partial charge in [0.15, 0.2) is 0 Å². The first-order chi connectivity index (χ1) is 7.90. The maximum atomic E-state index is 12.8. The lowest BCUT2D eigenvalue weighted by atomic mass is 10.0. The van der Waals surface area contributed by atoms with Crippen molar-refractivity contribution in [1.82, 2.24) is 0 Å². The van der Waals surface area contributed by atoms with Crippen LogP contribution in [0.15, 0.2) is 22.7 Å². The number of anilines is 1. The van der Waals surface area contributed by atoms with Crippen molar-refractivity contribution in [2.24, 2.45) is 11.7 Å². The summed E-state index contributed by atoms with van der Waals surface area (Å²) in [5, 5.41) is 2.67. The average Bonchev–Trinajstić information content (AvgIpc) is 2.21. The lowest BCUT2D eigenvalue weighted by molar-refractivity contribution is -0.117. The molecule has 0 aliphatic carbocycles. The summed E-state index contributed by atoms with van der Waals surface area (Å²) < 4.78 is 13.4. The normalized spacial score (nSPS) is 12.6. The fraction of sp³-hybridized carbons (Fsp3) is 0.417. The largest absolute Gasteiger partial charge is 0.324 e. The van der Waals surface area contributed by atoms with Crippen LogP contribution in [-0.2, 0) is 4.79 Å². The highest BCUT2D eigenvalue weighted by molar-refractivity contribution is 9.10. The molecule has 17 heavy (non-hydrogen) atoms. The van der Waals surface area contributed by atoms with Crippen LogP contribution >= 0.6 is 15.9 Å². The highest BCUT2D eigenvalue weighted by atomic mass is 79.9. The number of nitrogens with one attached hydrogen (secondary N) is 1. The summed E-state index contributed by atoms with van der Waals surface area (Å²) in [7, 11) is 0. The predicted octanol–water partition coefficient (Wildman–Crippen LogP) is 2.90. The Kier molecular flexibility index (Phi) is 5.08. The van der Waals surface area contributed by atoms with Gasteiger partial charge in [-0.1, -0.05) is 13.8 Å². The molecular formula is C12H16BrFN2O. The summed E-state index contributed by atoms with van der Waals surface area (Å²) in [6, 6.07) is 3.53. The van der Waals surface area contributed by atoms with E-state index in [1.54, 1.807) is 0 Å². The van der Waals surface area contributed by atoms with Crippen LogP contribution in [-0.4, -0.2) is 11.9 Å². The number of carbonyl (C=O) groups excluding carboxylic acids is 1. The SMILES string of the molecule is CC(C)C[C@H](N)C(=O)Nc1ccc(F)cc1Br. The molecule has 94 valence electrons. The molecule has 3 nitrogen and oxygen atoms in total. The third kappa shape index (κ3) is 4.44. The quantitative estimate of drug-likeness (QED) is 0.898. The molecule has 1 aromatic carbocycles. The van der Waals surface area contributed by atoms with Gasteiger partial charge in [0.25, 0.3) is 0 Å². The van der Waals surface area contributed by atoms with Crippen molar-refractivity contribution in [3.63, 3.8) is 0 Å². The molecule has 0 saturated carbocycles. The van der Waals surface area contributed by atoms with Gasteiger partial charge < -0.3 is 11.1 Å². The fourth-order valence-corrected chi connectivity index (χ4v) is 1.88. The van der Waals surface area contributed by atoms with Gasteiger partial charge in [-0.3, -0.25) is 4.79 Å². The number of nitrogens with two attached hydrogens (primary N) is 1. The van der Waals surface area contributed by atoms with Gasteiger partial charge in [-0.2, -0.15) is 0 Å².